The van der Waals surface area contributed by atoms with Crippen LogP contribution in [0.1, 0.15) is 65.2 Å². The van der Waals surface area contributed by atoms with Crippen molar-refractivity contribution in [1.82, 2.24) is 0 Å². The first-order valence-corrected chi connectivity index (χ1v) is 9.17. The van der Waals surface area contributed by atoms with E-state index in [4.69, 9.17) is 9.47 Å². The molecule has 4 atom stereocenters. The normalized spacial score (nSPS) is 29.8. The van der Waals surface area contributed by atoms with E-state index in [1.165, 1.54) is 0 Å². The van der Waals surface area contributed by atoms with Gasteiger partial charge in [-0.05, 0) is 52.4 Å². The molecule has 2 saturated carbocycles. The summed E-state index contributed by atoms with van der Waals surface area (Å²) in [6, 6.07) is 0. The Balaban J connectivity index is 0.000000240. The summed E-state index contributed by atoms with van der Waals surface area (Å²) in [4.78, 5) is 22.4. The molecular formula is C18H32O6. The van der Waals surface area contributed by atoms with Crippen molar-refractivity contribution in [2.75, 3.05) is 13.2 Å². The van der Waals surface area contributed by atoms with Crippen LogP contribution < -0.4 is 0 Å². The van der Waals surface area contributed by atoms with Crippen molar-refractivity contribution in [1.29, 1.82) is 0 Å². The Kier molecular flexibility index (Phi) is 9.95. The predicted molar refractivity (Wildman–Crippen MR) is 89.2 cm³/mol. The van der Waals surface area contributed by atoms with Gasteiger partial charge in [0.25, 0.3) is 0 Å². The third kappa shape index (κ3) is 7.62. The molecule has 0 amide bonds. The van der Waals surface area contributed by atoms with Gasteiger partial charge in [0.05, 0.1) is 37.3 Å². The molecular weight excluding hydrogens is 312 g/mol. The maximum atomic E-state index is 11.2. The van der Waals surface area contributed by atoms with E-state index in [9.17, 15) is 19.8 Å². The molecule has 140 valence electrons. The van der Waals surface area contributed by atoms with Gasteiger partial charge in [-0.25, -0.2) is 0 Å². The molecule has 0 heterocycles. The second kappa shape index (κ2) is 11.4. The average molecular weight is 344 g/mol. The van der Waals surface area contributed by atoms with Crippen molar-refractivity contribution in [3.8, 4) is 0 Å². The quantitative estimate of drug-likeness (QED) is 0.760. The van der Waals surface area contributed by atoms with Crippen LogP contribution in [0.5, 0.6) is 0 Å². The Bertz CT molecular complexity index is 348. The molecule has 2 fully saturated rings. The minimum atomic E-state index is -0.298. The summed E-state index contributed by atoms with van der Waals surface area (Å²) in [5.41, 5.74) is 0. The molecule has 0 aromatic carbocycles. The summed E-state index contributed by atoms with van der Waals surface area (Å²) in [5.74, 6) is -0.408. The number of ether oxygens (including phenoxy) is 2. The van der Waals surface area contributed by atoms with Crippen LogP contribution >= 0.6 is 0 Å². The zero-order valence-electron chi connectivity index (χ0n) is 14.9. The summed E-state index contributed by atoms with van der Waals surface area (Å²) >= 11 is 0. The smallest absolute Gasteiger partial charge is 0.309 e. The van der Waals surface area contributed by atoms with Crippen LogP contribution in [0.15, 0.2) is 0 Å². The van der Waals surface area contributed by atoms with Crippen molar-refractivity contribution in [3.63, 3.8) is 0 Å². The maximum Gasteiger partial charge on any atom is 0.309 e. The number of hydrogen-bond donors (Lipinski definition) is 2. The van der Waals surface area contributed by atoms with E-state index in [0.717, 1.165) is 38.5 Å². The third-order valence-corrected chi connectivity index (χ3v) is 4.53. The fraction of sp³-hybridized carbons (Fsp3) is 0.889. The van der Waals surface area contributed by atoms with Gasteiger partial charge in [-0.3, -0.25) is 9.59 Å². The molecule has 0 aromatic heterocycles. The lowest BCUT2D eigenvalue weighted by molar-refractivity contribution is -0.151. The molecule has 0 saturated heterocycles. The standard InChI is InChI=1S/2C9H16O3/c2*1-2-12-9(11)7-4-3-5-8(10)6-7/h2*7-8,10H,2-6H2,1H3/t2*7-,8-/m10/s1. The van der Waals surface area contributed by atoms with E-state index in [-0.39, 0.29) is 36.0 Å². The molecule has 2 aliphatic rings. The van der Waals surface area contributed by atoms with Gasteiger partial charge >= 0.3 is 11.9 Å². The molecule has 0 aromatic rings. The summed E-state index contributed by atoms with van der Waals surface area (Å²) in [7, 11) is 0. The Morgan fingerprint density at radius 3 is 1.46 bits per heavy atom. The number of aliphatic hydroxyl groups is 2. The van der Waals surface area contributed by atoms with E-state index in [2.05, 4.69) is 0 Å². The molecule has 0 radical (unpaired) electrons. The number of rotatable bonds is 4. The average Bonchev–Trinajstić information content (AvgIpc) is 2.56. The zero-order valence-corrected chi connectivity index (χ0v) is 14.9. The van der Waals surface area contributed by atoms with Crippen LogP contribution in [0, 0.1) is 11.8 Å². The van der Waals surface area contributed by atoms with Crippen LogP contribution in [0.25, 0.3) is 0 Å². The molecule has 0 spiro atoms. The van der Waals surface area contributed by atoms with E-state index < -0.39 is 0 Å². The molecule has 0 bridgehead atoms. The Morgan fingerprint density at radius 1 is 0.792 bits per heavy atom. The van der Waals surface area contributed by atoms with Crippen molar-refractivity contribution < 1.29 is 29.3 Å². The minimum absolute atomic E-state index is 0.0614. The maximum absolute atomic E-state index is 11.2. The highest BCUT2D eigenvalue weighted by atomic mass is 16.5. The number of esters is 2. The van der Waals surface area contributed by atoms with Crippen LogP contribution in [0.4, 0.5) is 0 Å². The first-order valence-electron chi connectivity index (χ1n) is 9.17. The Hall–Kier alpha value is -1.14. The van der Waals surface area contributed by atoms with Crippen LogP contribution in [0.3, 0.4) is 0 Å². The van der Waals surface area contributed by atoms with Crippen LogP contribution in [-0.2, 0) is 19.1 Å². The van der Waals surface area contributed by atoms with Crippen LogP contribution in [-0.4, -0.2) is 47.6 Å². The minimum Gasteiger partial charge on any atom is -0.466 e. The van der Waals surface area contributed by atoms with Gasteiger partial charge in [-0.2, -0.15) is 0 Å². The monoisotopic (exact) mass is 344 g/mol. The Morgan fingerprint density at radius 2 is 1.17 bits per heavy atom. The van der Waals surface area contributed by atoms with Gasteiger partial charge in [0.15, 0.2) is 0 Å². The highest BCUT2D eigenvalue weighted by Crippen LogP contribution is 2.25. The molecule has 6 heteroatoms. The molecule has 2 rings (SSSR count). The van der Waals surface area contributed by atoms with E-state index in [0.29, 0.717) is 26.1 Å². The lowest BCUT2D eigenvalue weighted by atomic mass is 9.87. The largest absolute Gasteiger partial charge is 0.466 e. The summed E-state index contributed by atoms with van der Waals surface area (Å²) in [6.45, 7) is 4.48. The van der Waals surface area contributed by atoms with Gasteiger partial charge in [-0.1, -0.05) is 12.8 Å². The SMILES string of the molecule is CCOC(=O)[C@@H]1CCC[C@@H](O)C1.CCOC(=O)[C@H]1CCC[C@H](O)C1. The lowest BCUT2D eigenvalue weighted by Gasteiger charge is -2.23. The first kappa shape index (κ1) is 20.9. The summed E-state index contributed by atoms with van der Waals surface area (Å²) in [5, 5.41) is 18.6. The van der Waals surface area contributed by atoms with Crippen molar-refractivity contribution in [2.45, 2.75) is 77.4 Å². The van der Waals surface area contributed by atoms with Crippen LogP contribution in [0.2, 0.25) is 0 Å². The number of carbonyl (C=O) groups excluding carboxylic acids is 2. The highest BCUT2D eigenvalue weighted by molar-refractivity contribution is 5.72. The number of aliphatic hydroxyl groups excluding tert-OH is 2. The molecule has 24 heavy (non-hydrogen) atoms. The van der Waals surface area contributed by atoms with Gasteiger partial charge in [-0.15, -0.1) is 0 Å². The van der Waals surface area contributed by atoms with Gasteiger partial charge < -0.3 is 19.7 Å². The van der Waals surface area contributed by atoms with E-state index in [1.807, 2.05) is 0 Å². The van der Waals surface area contributed by atoms with Gasteiger partial charge in [0.1, 0.15) is 0 Å². The highest BCUT2D eigenvalue weighted by Gasteiger charge is 2.27. The molecule has 0 aliphatic heterocycles. The fourth-order valence-electron chi connectivity index (χ4n) is 3.28. The number of carbonyl (C=O) groups is 2. The topological polar surface area (TPSA) is 93.1 Å². The molecule has 2 aliphatic carbocycles. The Labute approximate surface area is 144 Å². The number of hydrogen-bond acceptors (Lipinski definition) is 6. The first-order chi connectivity index (χ1) is 11.5. The predicted octanol–water partition coefficient (Wildman–Crippen LogP) is 2.20. The summed E-state index contributed by atoms with van der Waals surface area (Å²) < 4.78 is 9.76. The third-order valence-electron chi connectivity index (χ3n) is 4.53. The van der Waals surface area contributed by atoms with Gasteiger partial charge in [0, 0.05) is 0 Å². The van der Waals surface area contributed by atoms with Crippen molar-refractivity contribution in [3.05, 3.63) is 0 Å². The van der Waals surface area contributed by atoms with Gasteiger partial charge in [0.2, 0.25) is 0 Å². The second-order valence-electron chi connectivity index (χ2n) is 6.54. The fourth-order valence-corrected chi connectivity index (χ4v) is 3.28. The molecule has 0 unspecified atom stereocenters. The van der Waals surface area contributed by atoms with Crippen molar-refractivity contribution >= 4 is 11.9 Å². The second-order valence-corrected chi connectivity index (χ2v) is 6.54. The lowest BCUT2D eigenvalue weighted by Crippen LogP contribution is -2.27. The van der Waals surface area contributed by atoms with E-state index in [1.54, 1.807) is 13.8 Å². The van der Waals surface area contributed by atoms with Crippen molar-refractivity contribution in [2.24, 2.45) is 11.8 Å². The molecule has 6 nitrogen and oxygen atoms in total. The summed E-state index contributed by atoms with van der Waals surface area (Å²) in [6.07, 6.45) is 5.84. The zero-order chi connectivity index (χ0) is 17.9. The molecule has 2 N–H and O–H groups in total. The van der Waals surface area contributed by atoms with E-state index >= 15 is 0 Å².